The van der Waals surface area contributed by atoms with Crippen LogP contribution in [0.4, 0.5) is 0 Å². The quantitative estimate of drug-likeness (QED) is 0.704. The van der Waals surface area contributed by atoms with Crippen molar-refractivity contribution in [1.29, 1.82) is 0 Å². The molecule has 1 fully saturated rings. The van der Waals surface area contributed by atoms with Crippen LogP contribution in [0.3, 0.4) is 0 Å². The van der Waals surface area contributed by atoms with Crippen LogP contribution in [0.25, 0.3) is 0 Å². The van der Waals surface area contributed by atoms with Gasteiger partial charge in [-0.05, 0) is 26.2 Å². The molecule has 0 aromatic carbocycles. The minimum absolute atomic E-state index is 0.224. The molecule has 6 heteroatoms. The van der Waals surface area contributed by atoms with Crippen molar-refractivity contribution in [3.05, 3.63) is 0 Å². The lowest BCUT2D eigenvalue weighted by Crippen LogP contribution is -2.93. The molecule has 1 aliphatic rings. The van der Waals surface area contributed by atoms with Crippen molar-refractivity contribution in [2.24, 2.45) is 0 Å². The molecule has 0 aromatic rings. The predicted octanol–water partition coefficient (Wildman–Crippen LogP) is 2.51. The number of rotatable bonds is 2. The van der Waals surface area contributed by atoms with E-state index in [1.165, 1.54) is 0 Å². The maximum Gasteiger partial charge on any atom is 0.175 e. The Morgan fingerprint density at radius 1 is 0.643 bits per heavy atom. The SMILES string of the molecule is C[Si](C)N1[Si](C)(C)N([Si](C)C)[Si]1(C)C. The summed E-state index contributed by atoms with van der Waals surface area (Å²) < 4.78 is 5.98. The van der Waals surface area contributed by atoms with Gasteiger partial charge in [0.25, 0.3) is 0 Å². The first kappa shape index (κ1) is 12.9. The molecule has 0 N–H and O–H groups in total. The van der Waals surface area contributed by atoms with Gasteiger partial charge in [-0.1, -0.05) is 26.2 Å². The molecule has 1 heterocycles. The van der Waals surface area contributed by atoms with Gasteiger partial charge in [-0.2, -0.15) is 0 Å². The minimum Gasteiger partial charge on any atom is -0.347 e. The molecular formula is C8H24N2Si4. The van der Waals surface area contributed by atoms with Gasteiger partial charge in [0.15, 0.2) is 16.8 Å². The summed E-state index contributed by atoms with van der Waals surface area (Å²) in [7, 11) is -2.75. The molecule has 0 spiro atoms. The largest absolute Gasteiger partial charge is 0.347 e. The van der Waals surface area contributed by atoms with Gasteiger partial charge in [0, 0.05) is 0 Å². The van der Waals surface area contributed by atoms with E-state index in [-0.39, 0.29) is 17.9 Å². The Morgan fingerprint density at radius 3 is 1.00 bits per heavy atom. The monoisotopic (exact) mass is 260 g/mol. The van der Waals surface area contributed by atoms with Gasteiger partial charge in [0.05, 0.1) is 0 Å². The van der Waals surface area contributed by atoms with Gasteiger partial charge in [0.1, 0.15) is 17.9 Å². The summed E-state index contributed by atoms with van der Waals surface area (Å²) in [5.41, 5.74) is 0. The molecule has 82 valence electrons. The molecule has 0 aliphatic carbocycles. The highest BCUT2D eigenvalue weighted by molar-refractivity contribution is 7.15. The first-order chi connectivity index (χ1) is 6.13. The van der Waals surface area contributed by atoms with Crippen LogP contribution >= 0.6 is 0 Å². The van der Waals surface area contributed by atoms with E-state index in [0.29, 0.717) is 0 Å². The highest BCUT2D eigenvalue weighted by Crippen LogP contribution is 2.39. The lowest BCUT2D eigenvalue weighted by molar-refractivity contribution is 0.636. The Hall–Kier alpha value is 0.788. The Kier molecular flexibility index (Phi) is 3.37. The highest BCUT2D eigenvalue weighted by atomic mass is 28.6. The fraction of sp³-hybridized carbons (Fsp3) is 1.00. The van der Waals surface area contributed by atoms with Crippen LogP contribution in [0.5, 0.6) is 0 Å². The summed E-state index contributed by atoms with van der Waals surface area (Å²) in [5.74, 6) is 0. The van der Waals surface area contributed by atoms with Gasteiger partial charge < -0.3 is 7.79 Å². The second-order valence-corrected chi connectivity index (χ2v) is 20.7. The lowest BCUT2D eigenvalue weighted by Gasteiger charge is -2.70. The molecule has 0 unspecified atom stereocenters. The molecule has 1 saturated heterocycles. The fourth-order valence-electron chi connectivity index (χ4n) is 3.68. The van der Waals surface area contributed by atoms with Gasteiger partial charge in [0.2, 0.25) is 0 Å². The Balaban J connectivity index is 2.95. The fourth-order valence-corrected chi connectivity index (χ4v) is 35.8. The average molecular weight is 261 g/mol. The molecule has 14 heavy (non-hydrogen) atoms. The maximum atomic E-state index is 2.99. The van der Waals surface area contributed by atoms with Gasteiger partial charge >= 0.3 is 0 Å². The van der Waals surface area contributed by atoms with Crippen LogP contribution in [0.15, 0.2) is 0 Å². The Morgan fingerprint density at radius 2 is 0.857 bits per heavy atom. The minimum atomic E-state index is -1.15. The van der Waals surface area contributed by atoms with Crippen LogP contribution in [0, 0.1) is 0 Å². The second kappa shape index (κ2) is 3.67. The van der Waals surface area contributed by atoms with Crippen molar-refractivity contribution in [2.45, 2.75) is 52.4 Å². The van der Waals surface area contributed by atoms with Crippen molar-refractivity contribution >= 4 is 34.7 Å². The molecule has 0 amide bonds. The van der Waals surface area contributed by atoms with Crippen LogP contribution in [0.2, 0.25) is 52.4 Å². The van der Waals surface area contributed by atoms with Crippen LogP contribution < -0.4 is 0 Å². The van der Waals surface area contributed by atoms with E-state index in [9.17, 15) is 0 Å². The zero-order valence-corrected chi connectivity index (χ0v) is 14.9. The van der Waals surface area contributed by atoms with Crippen LogP contribution in [0.1, 0.15) is 0 Å². The summed E-state index contributed by atoms with van der Waals surface area (Å²) in [6, 6.07) is 0. The number of hydrogen-bond acceptors (Lipinski definition) is 2. The van der Waals surface area contributed by atoms with E-state index in [1.807, 2.05) is 0 Å². The third-order valence-corrected chi connectivity index (χ3v) is 27.7. The highest BCUT2D eigenvalue weighted by Gasteiger charge is 2.62. The van der Waals surface area contributed by atoms with Crippen molar-refractivity contribution in [2.75, 3.05) is 0 Å². The zero-order chi connectivity index (χ0) is 11.3. The van der Waals surface area contributed by atoms with E-state index in [2.05, 4.69) is 60.2 Å². The summed E-state index contributed by atoms with van der Waals surface area (Å²) >= 11 is 0. The summed E-state index contributed by atoms with van der Waals surface area (Å²) in [4.78, 5) is 0. The van der Waals surface area contributed by atoms with E-state index in [0.717, 1.165) is 0 Å². The summed E-state index contributed by atoms with van der Waals surface area (Å²) in [6.45, 7) is 20.0. The number of hydrogen-bond donors (Lipinski definition) is 0. The second-order valence-electron chi connectivity index (χ2n) is 5.55. The third kappa shape index (κ3) is 1.65. The predicted molar refractivity (Wildman–Crippen MR) is 73.6 cm³/mol. The molecule has 0 aromatic heterocycles. The van der Waals surface area contributed by atoms with E-state index < -0.39 is 16.8 Å². The van der Waals surface area contributed by atoms with Crippen molar-refractivity contribution in [3.8, 4) is 0 Å². The van der Waals surface area contributed by atoms with Gasteiger partial charge in [-0.15, -0.1) is 0 Å². The lowest BCUT2D eigenvalue weighted by atomic mass is 11.9. The Labute approximate surface area is 95.0 Å². The van der Waals surface area contributed by atoms with Crippen molar-refractivity contribution < 1.29 is 0 Å². The smallest absolute Gasteiger partial charge is 0.175 e. The van der Waals surface area contributed by atoms with Gasteiger partial charge in [-0.3, -0.25) is 0 Å². The Bertz CT molecular complexity index is 191. The summed E-state index contributed by atoms with van der Waals surface area (Å²) in [6.07, 6.45) is 0. The standard InChI is InChI=1S/C8H24N2Si4/c1-11(2)9-13(5,6)10(12(3)4)14(9,7)8/h1-8H3. The van der Waals surface area contributed by atoms with Crippen molar-refractivity contribution in [3.63, 3.8) is 0 Å². The maximum absolute atomic E-state index is 2.99. The molecule has 1 rings (SSSR count). The molecule has 2 nitrogen and oxygen atoms in total. The average Bonchev–Trinajstić information content (AvgIpc) is 1.77. The normalized spacial score (nSPS) is 27.0. The van der Waals surface area contributed by atoms with E-state index >= 15 is 0 Å². The van der Waals surface area contributed by atoms with E-state index in [4.69, 9.17) is 0 Å². The first-order valence-corrected chi connectivity index (χ1v) is 16.0. The molecule has 1 aliphatic heterocycles. The third-order valence-electron chi connectivity index (χ3n) is 3.08. The first-order valence-electron chi connectivity index (χ1n) is 5.34. The summed E-state index contributed by atoms with van der Waals surface area (Å²) in [5, 5.41) is 0. The molecule has 2 radical (unpaired) electrons. The number of nitrogens with zero attached hydrogens (tertiary/aromatic N) is 2. The molecular weight excluding hydrogens is 236 g/mol. The van der Waals surface area contributed by atoms with Crippen molar-refractivity contribution in [1.82, 2.24) is 7.79 Å². The van der Waals surface area contributed by atoms with Crippen LogP contribution in [-0.2, 0) is 0 Å². The molecule has 0 atom stereocenters. The molecule has 0 bridgehead atoms. The van der Waals surface area contributed by atoms with Gasteiger partial charge in [-0.25, -0.2) is 0 Å². The zero-order valence-electron chi connectivity index (χ0n) is 10.9. The van der Waals surface area contributed by atoms with E-state index in [1.54, 1.807) is 0 Å². The van der Waals surface area contributed by atoms with Crippen LogP contribution in [-0.4, -0.2) is 42.5 Å². The topological polar surface area (TPSA) is 6.48 Å². The molecule has 0 saturated carbocycles.